The smallest absolute Gasteiger partial charge is 0.200 e. The van der Waals surface area contributed by atoms with Crippen LogP contribution in [-0.4, -0.2) is 38.2 Å². The molecular weight excluding hydrogens is 316 g/mol. The molecule has 0 saturated heterocycles. The minimum atomic E-state index is -1.12. The van der Waals surface area contributed by atoms with E-state index >= 15 is 0 Å². The quantitative estimate of drug-likeness (QED) is 0.545. The molecule has 5 N–H and O–H groups in total. The number of ether oxygens (including phenoxy) is 2. The van der Waals surface area contributed by atoms with Gasteiger partial charge in [0.15, 0.2) is 29.1 Å². The summed E-state index contributed by atoms with van der Waals surface area (Å²) >= 11 is 0. The van der Waals surface area contributed by atoms with Crippen LogP contribution in [0, 0.1) is 0 Å². The summed E-state index contributed by atoms with van der Waals surface area (Å²) in [6, 6.07) is 6.82. The van der Waals surface area contributed by atoms with E-state index in [2.05, 4.69) is 0 Å². The van der Waals surface area contributed by atoms with Gasteiger partial charge in [0, 0.05) is 12.2 Å². The lowest BCUT2D eigenvalue weighted by atomic mass is 9.91. The molecule has 2 aromatic carbocycles. The van der Waals surface area contributed by atoms with Gasteiger partial charge in [0.2, 0.25) is 5.75 Å². The average molecular weight is 334 g/mol. The van der Waals surface area contributed by atoms with Gasteiger partial charge in [-0.05, 0) is 36.8 Å². The summed E-state index contributed by atoms with van der Waals surface area (Å²) in [4.78, 5) is 0. The number of benzene rings is 2. The highest BCUT2D eigenvalue weighted by atomic mass is 16.5. The maximum Gasteiger partial charge on any atom is 0.200 e. The molecule has 7 heteroatoms. The number of aliphatic hydroxyl groups excluding tert-OH is 1. The Morgan fingerprint density at radius 3 is 2.38 bits per heavy atom. The van der Waals surface area contributed by atoms with Crippen molar-refractivity contribution in [1.29, 1.82) is 0 Å². The number of aromatic hydroxyl groups is 4. The van der Waals surface area contributed by atoms with Crippen molar-refractivity contribution in [3.05, 3.63) is 41.5 Å². The van der Waals surface area contributed by atoms with Crippen molar-refractivity contribution < 1.29 is 35.0 Å². The predicted octanol–water partition coefficient (Wildman–Crippen LogP) is 2.08. The lowest BCUT2D eigenvalue weighted by Gasteiger charge is -2.37. The maximum atomic E-state index is 10.6. The summed E-state index contributed by atoms with van der Waals surface area (Å²) in [6.07, 6.45) is -2.87. The molecular formula is C17H18O7. The zero-order valence-corrected chi connectivity index (χ0v) is 12.9. The molecule has 0 saturated carbocycles. The van der Waals surface area contributed by atoms with Crippen molar-refractivity contribution in [2.75, 3.05) is 6.61 Å². The molecule has 0 spiro atoms. The standard InChI is InChI=1S/C17H18O7/c1-2-23-16-9-4-6-11(19)13(21)17(9)24-15(14(16)22)8-3-5-10(18)12(20)7-8/h3-7,14-16,18-22H,2H2,1H3/t14-,15+,16+/m0/s1. The van der Waals surface area contributed by atoms with Crippen LogP contribution >= 0.6 is 0 Å². The molecule has 0 aromatic heterocycles. The predicted molar refractivity (Wildman–Crippen MR) is 83.3 cm³/mol. The van der Waals surface area contributed by atoms with Gasteiger partial charge < -0.3 is 35.0 Å². The minimum Gasteiger partial charge on any atom is -0.504 e. The van der Waals surface area contributed by atoms with Gasteiger partial charge in [-0.2, -0.15) is 0 Å². The molecule has 1 aliphatic rings. The number of rotatable bonds is 3. The Bertz CT molecular complexity index is 759. The van der Waals surface area contributed by atoms with E-state index in [1.165, 1.54) is 30.3 Å². The second kappa shape index (κ2) is 6.10. The van der Waals surface area contributed by atoms with Gasteiger partial charge in [0.25, 0.3) is 0 Å². The van der Waals surface area contributed by atoms with Crippen LogP contribution in [0.25, 0.3) is 0 Å². The highest BCUT2D eigenvalue weighted by Crippen LogP contribution is 2.50. The monoisotopic (exact) mass is 334 g/mol. The van der Waals surface area contributed by atoms with E-state index in [0.717, 1.165) is 0 Å². The summed E-state index contributed by atoms with van der Waals surface area (Å²) in [7, 11) is 0. The summed E-state index contributed by atoms with van der Waals surface area (Å²) in [5.74, 6) is -1.45. The van der Waals surface area contributed by atoms with Gasteiger partial charge in [-0.3, -0.25) is 0 Å². The van der Waals surface area contributed by atoms with Gasteiger partial charge in [-0.25, -0.2) is 0 Å². The molecule has 0 radical (unpaired) electrons. The SMILES string of the molecule is CCO[C@@H]1c2ccc(O)c(O)c2O[C@H](c2ccc(O)c(O)c2)[C@@H]1O. The van der Waals surface area contributed by atoms with Crippen LogP contribution in [0.1, 0.15) is 30.3 Å². The third-order valence-corrected chi connectivity index (χ3v) is 3.99. The highest BCUT2D eigenvalue weighted by Gasteiger charge is 2.40. The van der Waals surface area contributed by atoms with Gasteiger partial charge in [0.1, 0.15) is 12.2 Å². The van der Waals surface area contributed by atoms with Crippen LogP contribution < -0.4 is 4.74 Å². The average Bonchev–Trinajstić information content (AvgIpc) is 2.56. The van der Waals surface area contributed by atoms with E-state index in [4.69, 9.17) is 9.47 Å². The van der Waals surface area contributed by atoms with Crippen molar-refractivity contribution in [3.63, 3.8) is 0 Å². The lowest BCUT2D eigenvalue weighted by Crippen LogP contribution is -2.35. The Balaban J connectivity index is 2.09. The summed E-state index contributed by atoms with van der Waals surface area (Å²) in [6.45, 7) is 2.08. The number of hydrogen-bond acceptors (Lipinski definition) is 7. The number of phenols is 4. The third kappa shape index (κ3) is 2.57. The van der Waals surface area contributed by atoms with E-state index in [1.54, 1.807) is 6.92 Å². The number of fused-ring (bicyclic) bond motifs is 1. The normalized spacial score (nSPS) is 22.7. The Labute approximate surface area is 138 Å². The van der Waals surface area contributed by atoms with Crippen LogP contribution in [0.2, 0.25) is 0 Å². The number of phenolic OH excluding ortho intramolecular Hbond substituents is 4. The van der Waals surface area contributed by atoms with Crippen LogP contribution in [0.4, 0.5) is 0 Å². The second-order valence-corrected chi connectivity index (χ2v) is 5.50. The van der Waals surface area contributed by atoms with Crippen LogP contribution in [0.15, 0.2) is 30.3 Å². The fourth-order valence-electron chi connectivity index (χ4n) is 2.81. The first-order chi connectivity index (χ1) is 11.4. The first kappa shape index (κ1) is 16.2. The first-order valence-corrected chi connectivity index (χ1v) is 7.47. The molecule has 2 aromatic rings. The molecule has 0 amide bonds. The highest BCUT2D eigenvalue weighted by molar-refractivity contribution is 5.56. The largest absolute Gasteiger partial charge is 0.504 e. The molecule has 128 valence electrons. The van der Waals surface area contributed by atoms with E-state index in [9.17, 15) is 25.5 Å². The topological polar surface area (TPSA) is 120 Å². The van der Waals surface area contributed by atoms with E-state index in [0.29, 0.717) is 17.7 Å². The zero-order valence-electron chi connectivity index (χ0n) is 12.9. The van der Waals surface area contributed by atoms with E-state index in [1.807, 2.05) is 0 Å². The van der Waals surface area contributed by atoms with Crippen molar-refractivity contribution in [3.8, 4) is 28.7 Å². The van der Waals surface area contributed by atoms with Crippen LogP contribution in [-0.2, 0) is 4.74 Å². The van der Waals surface area contributed by atoms with Crippen molar-refractivity contribution in [2.45, 2.75) is 25.2 Å². The van der Waals surface area contributed by atoms with Gasteiger partial charge >= 0.3 is 0 Å². The Hall–Kier alpha value is -2.64. The maximum absolute atomic E-state index is 10.6. The molecule has 24 heavy (non-hydrogen) atoms. The summed E-state index contributed by atoms with van der Waals surface area (Å²) < 4.78 is 11.3. The Morgan fingerprint density at radius 2 is 1.71 bits per heavy atom. The molecule has 0 bridgehead atoms. The molecule has 3 atom stereocenters. The molecule has 7 nitrogen and oxygen atoms in total. The van der Waals surface area contributed by atoms with E-state index in [-0.39, 0.29) is 23.0 Å². The molecule has 1 aliphatic heterocycles. The Morgan fingerprint density at radius 1 is 1.00 bits per heavy atom. The minimum absolute atomic E-state index is 0.0105. The summed E-state index contributed by atoms with van der Waals surface area (Å²) in [5, 5.41) is 49.5. The molecule has 0 unspecified atom stereocenters. The number of aliphatic hydroxyl groups is 1. The third-order valence-electron chi connectivity index (χ3n) is 3.99. The molecule has 0 aliphatic carbocycles. The fourth-order valence-corrected chi connectivity index (χ4v) is 2.81. The van der Waals surface area contributed by atoms with Crippen molar-refractivity contribution in [1.82, 2.24) is 0 Å². The van der Waals surface area contributed by atoms with Crippen LogP contribution in [0.3, 0.4) is 0 Å². The van der Waals surface area contributed by atoms with Crippen molar-refractivity contribution in [2.24, 2.45) is 0 Å². The fraction of sp³-hybridized carbons (Fsp3) is 0.294. The van der Waals surface area contributed by atoms with E-state index < -0.39 is 24.1 Å². The lowest BCUT2D eigenvalue weighted by molar-refractivity contribution is -0.0998. The molecule has 3 rings (SSSR count). The summed E-state index contributed by atoms with van der Waals surface area (Å²) in [5.41, 5.74) is 0.801. The van der Waals surface area contributed by atoms with Crippen molar-refractivity contribution >= 4 is 0 Å². The number of hydrogen-bond donors (Lipinski definition) is 5. The second-order valence-electron chi connectivity index (χ2n) is 5.50. The van der Waals surface area contributed by atoms with Gasteiger partial charge in [-0.15, -0.1) is 0 Å². The first-order valence-electron chi connectivity index (χ1n) is 7.47. The zero-order chi connectivity index (χ0) is 17.4. The van der Waals surface area contributed by atoms with Crippen LogP contribution in [0.5, 0.6) is 28.7 Å². The Kier molecular flexibility index (Phi) is 4.13. The van der Waals surface area contributed by atoms with Gasteiger partial charge in [-0.1, -0.05) is 6.07 Å². The van der Waals surface area contributed by atoms with Gasteiger partial charge in [0.05, 0.1) is 0 Å². The molecule has 1 heterocycles. The molecule has 0 fully saturated rings.